The van der Waals surface area contributed by atoms with Crippen LogP contribution < -0.4 is 0 Å². The van der Waals surface area contributed by atoms with Gasteiger partial charge in [0.05, 0.1) is 0 Å². The maximum atomic E-state index is 13.9. The summed E-state index contributed by atoms with van der Waals surface area (Å²) < 4.78 is 13.9. The van der Waals surface area contributed by atoms with Crippen molar-refractivity contribution in [1.29, 1.82) is 0 Å². The van der Waals surface area contributed by atoms with Gasteiger partial charge in [-0.15, -0.1) is 17.9 Å². The number of benzene rings is 2. The van der Waals surface area contributed by atoms with Crippen LogP contribution in [0.3, 0.4) is 0 Å². The summed E-state index contributed by atoms with van der Waals surface area (Å²) in [7, 11) is 0. The number of hydrogen-bond donors (Lipinski definition) is 0. The molecule has 3 nitrogen and oxygen atoms in total. The van der Waals surface area contributed by atoms with Gasteiger partial charge in [-0.2, -0.15) is 0 Å². The van der Waals surface area contributed by atoms with E-state index >= 15 is 0 Å². The SMILES string of the molecule is C=CCN(Cc1ccccc1F)C(=O)c1csc(-c2ccccc2)n1. The highest BCUT2D eigenvalue weighted by molar-refractivity contribution is 7.13. The first-order valence-corrected chi connectivity index (χ1v) is 8.71. The zero-order valence-electron chi connectivity index (χ0n) is 13.6. The zero-order valence-corrected chi connectivity index (χ0v) is 14.4. The predicted octanol–water partition coefficient (Wildman–Crippen LogP) is 4.78. The lowest BCUT2D eigenvalue weighted by molar-refractivity contribution is 0.0756. The Kier molecular flexibility index (Phi) is 5.36. The molecular formula is C20H17FN2OS. The van der Waals surface area contributed by atoms with Crippen LogP contribution >= 0.6 is 11.3 Å². The number of hydrogen-bond acceptors (Lipinski definition) is 3. The van der Waals surface area contributed by atoms with E-state index in [-0.39, 0.29) is 18.3 Å². The average Bonchev–Trinajstić information content (AvgIpc) is 3.13. The second kappa shape index (κ2) is 7.85. The number of rotatable bonds is 6. The van der Waals surface area contributed by atoms with Crippen LogP contribution in [0.5, 0.6) is 0 Å². The minimum atomic E-state index is -0.326. The zero-order chi connectivity index (χ0) is 17.6. The van der Waals surface area contributed by atoms with Crippen molar-refractivity contribution in [1.82, 2.24) is 9.88 Å². The molecule has 0 bridgehead atoms. The van der Waals surface area contributed by atoms with Crippen molar-refractivity contribution in [2.45, 2.75) is 6.54 Å². The second-order valence-corrected chi connectivity index (χ2v) is 6.33. The van der Waals surface area contributed by atoms with E-state index in [1.807, 2.05) is 30.3 Å². The molecule has 0 aliphatic carbocycles. The molecule has 0 radical (unpaired) electrons. The van der Waals surface area contributed by atoms with Gasteiger partial charge in [-0.05, 0) is 6.07 Å². The lowest BCUT2D eigenvalue weighted by Gasteiger charge is -2.20. The van der Waals surface area contributed by atoms with Crippen molar-refractivity contribution in [2.24, 2.45) is 0 Å². The molecule has 1 amide bonds. The Hall–Kier alpha value is -2.79. The molecule has 0 aliphatic rings. The number of thiazole rings is 1. The Morgan fingerprint density at radius 2 is 1.88 bits per heavy atom. The summed E-state index contributed by atoms with van der Waals surface area (Å²) in [6.07, 6.45) is 1.63. The van der Waals surface area contributed by atoms with Crippen molar-refractivity contribution in [3.8, 4) is 10.6 Å². The van der Waals surface area contributed by atoms with Crippen LogP contribution in [-0.2, 0) is 6.54 Å². The van der Waals surface area contributed by atoms with E-state index in [0.717, 1.165) is 10.6 Å². The Balaban J connectivity index is 1.82. The molecule has 0 atom stereocenters. The van der Waals surface area contributed by atoms with E-state index < -0.39 is 0 Å². The van der Waals surface area contributed by atoms with Gasteiger partial charge in [-0.25, -0.2) is 9.37 Å². The summed E-state index contributed by atoms with van der Waals surface area (Å²) in [6.45, 7) is 4.19. The Bertz CT molecular complexity index is 876. The Morgan fingerprint density at radius 1 is 1.16 bits per heavy atom. The van der Waals surface area contributed by atoms with Crippen LogP contribution in [0.25, 0.3) is 10.6 Å². The highest BCUT2D eigenvalue weighted by Gasteiger charge is 2.19. The highest BCUT2D eigenvalue weighted by Crippen LogP contribution is 2.24. The summed E-state index contributed by atoms with van der Waals surface area (Å²) in [5.74, 6) is -0.561. The Morgan fingerprint density at radius 3 is 2.60 bits per heavy atom. The topological polar surface area (TPSA) is 33.2 Å². The molecule has 0 N–H and O–H groups in total. The fraction of sp³-hybridized carbons (Fsp3) is 0.100. The summed E-state index contributed by atoms with van der Waals surface area (Å²) in [6, 6.07) is 16.2. The maximum absolute atomic E-state index is 13.9. The molecule has 0 saturated heterocycles. The first-order valence-electron chi connectivity index (χ1n) is 7.83. The van der Waals surface area contributed by atoms with Crippen LogP contribution in [0.1, 0.15) is 16.1 Å². The lowest BCUT2D eigenvalue weighted by Crippen LogP contribution is -2.31. The van der Waals surface area contributed by atoms with Gasteiger partial charge in [0.25, 0.3) is 5.91 Å². The predicted molar refractivity (Wildman–Crippen MR) is 98.9 cm³/mol. The average molecular weight is 352 g/mol. The van der Waals surface area contributed by atoms with Gasteiger partial charge < -0.3 is 4.90 Å². The van der Waals surface area contributed by atoms with Crippen LogP contribution in [0.15, 0.2) is 72.6 Å². The number of halogens is 1. The molecule has 0 unspecified atom stereocenters. The molecule has 0 saturated carbocycles. The van der Waals surface area contributed by atoms with E-state index in [1.54, 1.807) is 29.7 Å². The van der Waals surface area contributed by atoms with Crippen LogP contribution in [0.2, 0.25) is 0 Å². The normalized spacial score (nSPS) is 10.4. The third-order valence-electron chi connectivity index (χ3n) is 3.70. The number of nitrogens with zero attached hydrogens (tertiary/aromatic N) is 2. The molecule has 25 heavy (non-hydrogen) atoms. The van der Waals surface area contributed by atoms with Crippen molar-refractivity contribution >= 4 is 17.2 Å². The van der Waals surface area contributed by atoms with Gasteiger partial charge in [0.15, 0.2) is 0 Å². The first kappa shape index (κ1) is 17.0. The highest BCUT2D eigenvalue weighted by atomic mass is 32.1. The summed E-state index contributed by atoms with van der Waals surface area (Å²) in [5.41, 5.74) is 1.80. The van der Waals surface area contributed by atoms with Crippen LogP contribution in [0, 0.1) is 5.82 Å². The van der Waals surface area contributed by atoms with Gasteiger partial charge in [-0.1, -0.05) is 54.6 Å². The largest absolute Gasteiger partial charge is 0.329 e. The van der Waals surface area contributed by atoms with E-state index in [1.165, 1.54) is 22.3 Å². The minimum Gasteiger partial charge on any atom is -0.329 e. The Labute approximate surface area is 150 Å². The van der Waals surface area contributed by atoms with Crippen molar-refractivity contribution in [3.63, 3.8) is 0 Å². The molecule has 1 heterocycles. The molecule has 3 aromatic rings. The molecule has 0 spiro atoms. The maximum Gasteiger partial charge on any atom is 0.273 e. The van der Waals surface area contributed by atoms with Crippen molar-refractivity contribution in [3.05, 3.63) is 89.7 Å². The van der Waals surface area contributed by atoms with E-state index in [9.17, 15) is 9.18 Å². The molecule has 1 aromatic heterocycles. The first-order chi connectivity index (χ1) is 12.2. The number of amides is 1. The van der Waals surface area contributed by atoms with Gasteiger partial charge in [0.1, 0.15) is 16.5 Å². The van der Waals surface area contributed by atoms with E-state index in [4.69, 9.17) is 0 Å². The molecule has 126 valence electrons. The molecule has 0 aliphatic heterocycles. The standard InChI is InChI=1S/C20H17FN2OS/c1-2-12-23(13-16-10-6-7-11-17(16)21)20(24)18-14-25-19(22-18)15-8-4-3-5-9-15/h2-11,14H,1,12-13H2. The second-order valence-electron chi connectivity index (χ2n) is 5.47. The van der Waals surface area contributed by atoms with Gasteiger partial charge in [0, 0.05) is 29.6 Å². The molecular weight excluding hydrogens is 335 g/mol. The minimum absolute atomic E-state index is 0.176. The van der Waals surface area contributed by atoms with Gasteiger partial charge in [0.2, 0.25) is 0 Å². The summed E-state index contributed by atoms with van der Waals surface area (Å²) >= 11 is 1.42. The number of carbonyl (C=O) groups excluding carboxylic acids is 1. The number of aromatic nitrogens is 1. The van der Waals surface area contributed by atoms with Crippen LogP contribution in [-0.4, -0.2) is 22.3 Å². The smallest absolute Gasteiger partial charge is 0.273 e. The summed E-state index contributed by atoms with van der Waals surface area (Å²) in [4.78, 5) is 18.8. The third kappa shape index (κ3) is 4.00. The molecule has 5 heteroatoms. The molecule has 3 rings (SSSR count). The van der Waals surface area contributed by atoms with E-state index in [2.05, 4.69) is 11.6 Å². The van der Waals surface area contributed by atoms with Crippen LogP contribution in [0.4, 0.5) is 4.39 Å². The molecule has 2 aromatic carbocycles. The quantitative estimate of drug-likeness (QED) is 0.598. The van der Waals surface area contributed by atoms with Crippen molar-refractivity contribution < 1.29 is 9.18 Å². The monoisotopic (exact) mass is 352 g/mol. The van der Waals surface area contributed by atoms with Gasteiger partial charge in [-0.3, -0.25) is 4.79 Å². The number of carbonyl (C=O) groups is 1. The van der Waals surface area contributed by atoms with E-state index in [0.29, 0.717) is 17.8 Å². The van der Waals surface area contributed by atoms with Gasteiger partial charge >= 0.3 is 0 Å². The third-order valence-corrected chi connectivity index (χ3v) is 4.59. The fourth-order valence-corrected chi connectivity index (χ4v) is 3.25. The molecule has 0 fully saturated rings. The fourth-order valence-electron chi connectivity index (χ4n) is 2.45. The summed E-state index contributed by atoms with van der Waals surface area (Å²) in [5, 5.41) is 2.52. The lowest BCUT2D eigenvalue weighted by atomic mass is 10.2. The van der Waals surface area contributed by atoms with Crippen molar-refractivity contribution in [2.75, 3.05) is 6.54 Å².